The molecule has 0 saturated carbocycles. The van der Waals surface area contributed by atoms with E-state index in [-0.39, 0.29) is 11.3 Å². The highest BCUT2D eigenvalue weighted by Crippen LogP contribution is 2.47. The average Bonchev–Trinajstić information content (AvgIpc) is 3.11. The number of benzene rings is 1. The number of hydrogen-bond acceptors (Lipinski definition) is 6. The molecule has 0 aliphatic carbocycles. The van der Waals surface area contributed by atoms with Gasteiger partial charge in [0.05, 0.1) is 16.3 Å². The zero-order chi connectivity index (χ0) is 20.5. The molecule has 0 amide bonds. The van der Waals surface area contributed by atoms with E-state index in [0.29, 0.717) is 15.1 Å². The fourth-order valence-corrected chi connectivity index (χ4v) is 5.55. The quantitative estimate of drug-likeness (QED) is 0.641. The first-order chi connectivity index (χ1) is 13.8. The average molecular weight is 408 g/mol. The first-order valence-electron chi connectivity index (χ1n) is 9.40. The third-order valence-electron chi connectivity index (χ3n) is 5.66. The Bertz CT molecular complexity index is 1350. The van der Waals surface area contributed by atoms with Crippen molar-refractivity contribution < 1.29 is 9.53 Å². The lowest BCUT2D eigenvalue weighted by molar-refractivity contribution is -0.132. The summed E-state index contributed by atoms with van der Waals surface area (Å²) in [6, 6.07) is 7.13. The lowest BCUT2D eigenvalue weighted by Crippen LogP contribution is -2.58. The number of carbonyl (C=O) groups excluding carboxylic acids is 1. The molecule has 7 nitrogen and oxygen atoms in total. The molecular formula is C21H20N4O3S. The molecule has 2 aromatic heterocycles. The van der Waals surface area contributed by atoms with Crippen LogP contribution in [-0.4, -0.2) is 25.9 Å². The van der Waals surface area contributed by atoms with Crippen LogP contribution in [0.4, 0.5) is 0 Å². The number of aryl methyl sites for hydroxylation is 2. The molecule has 3 atom stereocenters. The number of aromatic nitrogens is 3. The van der Waals surface area contributed by atoms with Gasteiger partial charge in [-0.1, -0.05) is 29.5 Å². The third-order valence-corrected chi connectivity index (χ3v) is 6.64. The van der Waals surface area contributed by atoms with Crippen molar-refractivity contribution in [2.75, 3.05) is 0 Å². The Kier molecular flexibility index (Phi) is 3.73. The van der Waals surface area contributed by atoms with Crippen LogP contribution in [0.25, 0.3) is 6.08 Å². The van der Waals surface area contributed by atoms with Crippen LogP contribution in [0.3, 0.4) is 0 Å². The number of rotatable bonds is 2. The lowest BCUT2D eigenvalue weighted by Gasteiger charge is -2.45. The van der Waals surface area contributed by atoms with Gasteiger partial charge in [0.25, 0.3) is 5.56 Å². The van der Waals surface area contributed by atoms with Gasteiger partial charge in [0.1, 0.15) is 17.5 Å². The largest absolute Gasteiger partial charge is 0.465 e. The van der Waals surface area contributed by atoms with Crippen LogP contribution < -0.4 is 19.6 Å². The number of hydrogen-bond donors (Lipinski definition) is 0. The molecule has 3 aromatic rings. The maximum Gasteiger partial charge on any atom is 0.270 e. The van der Waals surface area contributed by atoms with Crippen LogP contribution in [-0.2, 0) is 11.8 Å². The number of carbonyl (C=O) groups is 1. The highest BCUT2D eigenvalue weighted by Gasteiger charge is 2.53. The maximum absolute atomic E-state index is 13.4. The summed E-state index contributed by atoms with van der Waals surface area (Å²) in [4.78, 5) is 31.4. The minimum absolute atomic E-state index is 0.0480. The Morgan fingerprint density at radius 3 is 2.79 bits per heavy atom. The summed E-state index contributed by atoms with van der Waals surface area (Å²) in [5.74, 6) is 0.0527. The van der Waals surface area contributed by atoms with Crippen molar-refractivity contribution >= 4 is 23.2 Å². The molecule has 0 N–H and O–H groups in total. The van der Waals surface area contributed by atoms with Crippen molar-refractivity contribution in [3.05, 3.63) is 67.0 Å². The Hall–Kier alpha value is -3.00. The smallest absolute Gasteiger partial charge is 0.270 e. The topological polar surface area (TPSA) is 78.5 Å². The number of fused-ring (bicyclic) bond motifs is 6. The lowest BCUT2D eigenvalue weighted by atomic mass is 9.79. The van der Waals surface area contributed by atoms with E-state index in [0.717, 1.165) is 16.8 Å². The van der Waals surface area contributed by atoms with E-state index >= 15 is 0 Å². The van der Waals surface area contributed by atoms with Crippen molar-refractivity contribution in [3.8, 4) is 5.75 Å². The molecule has 4 heterocycles. The summed E-state index contributed by atoms with van der Waals surface area (Å²) < 4.78 is 10.1. The predicted octanol–water partition coefficient (Wildman–Crippen LogP) is 1.32. The van der Waals surface area contributed by atoms with E-state index in [2.05, 4.69) is 5.10 Å². The van der Waals surface area contributed by atoms with Gasteiger partial charge >= 0.3 is 0 Å². The molecule has 8 heteroatoms. The van der Waals surface area contributed by atoms with Crippen molar-refractivity contribution in [2.24, 2.45) is 18.0 Å². The maximum atomic E-state index is 13.4. The Balaban J connectivity index is 1.82. The second kappa shape index (κ2) is 6.00. The Morgan fingerprint density at radius 2 is 2.10 bits per heavy atom. The number of thiazole rings is 1. The van der Waals surface area contributed by atoms with Gasteiger partial charge < -0.3 is 4.74 Å². The van der Waals surface area contributed by atoms with E-state index in [1.807, 2.05) is 57.4 Å². The van der Waals surface area contributed by atoms with Crippen molar-refractivity contribution in [1.29, 1.82) is 0 Å². The number of ketones is 1. The van der Waals surface area contributed by atoms with Gasteiger partial charge in [0, 0.05) is 24.4 Å². The van der Waals surface area contributed by atoms with Crippen molar-refractivity contribution in [2.45, 2.75) is 32.5 Å². The standard InChI is InChI=1S/C21H20N4O3S/c1-11-13(10-24(4)23-11)9-16-19(27)25-18-14-7-5-6-8-15(14)28-21(3,17(18)12(2)26)22-20(25)29-16/h5-10,17-18H,1-4H3/b16-9+/t17-,18+,21+/m1/s1. The number of ether oxygens (including phenoxy) is 1. The number of nitrogens with zero attached hydrogens (tertiary/aromatic N) is 4. The molecule has 2 bridgehead atoms. The second-order valence-electron chi connectivity index (χ2n) is 7.75. The fourth-order valence-electron chi connectivity index (χ4n) is 4.46. The molecule has 2 aliphatic heterocycles. The van der Waals surface area contributed by atoms with Gasteiger partial charge in [-0.3, -0.25) is 18.8 Å². The molecule has 0 fully saturated rings. The van der Waals surface area contributed by atoms with Crippen LogP contribution >= 0.6 is 11.3 Å². The summed E-state index contributed by atoms with van der Waals surface area (Å²) >= 11 is 1.32. The molecule has 1 aromatic carbocycles. The van der Waals surface area contributed by atoms with Crippen LogP contribution in [0.5, 0.6) is 5.75 Å². The minimum Gasteiger partial charge on any atom is -0.465 e. The van der Waals surface area contributed by atoms with Gasteiger partial charge in [-0.05, 0) is 32.9 Å². The van der Waals surface area contributed by atoms with Crippen LogP contribution in [0, 0.1) is 12.8 Å². The molecule has 0 radical (unpaired) electrons. The van der Waals surface area contributed by atoms with E-state index in [9.17, 15) is 9.59 Å². The summed E-state index contributed by atoms with van der Waals surface area (Å²) in [6.07, 6.45) is 3.73. The monoisotopic (exact) mass is 408 g/mol. The SMILES string of the molecule is CC(=O)[C@@H]1[C@@H]2c3ccccc3O[C@]1(C)N=c1s/c(=C/c3cn(C)nc3C)c(=O)n12. The van der Waals surface area contributed by atoms with E-state index in [1.165, 1.54) is 18.3 Å². The minimum atomic E-state index is -1.04. The van der Waals surface area contributed by atoms with E-state index < -0.39 is 17.7 Å². The number of Topliss-reactive ketones (excluding diaryl/α,β-unsaturated/α-hetero) is 1. The van der Waals surface area contributed by atoms with Crippen LogP contribution in [0.15, 0.2) is 40.2 Å². The Morgan fingerprint density at radius 1 is 1.34 bits per heavy atom. The van der Waals surface area contributed by atoms with E-state index in [4.69, 9.17) is 9.73 Å². The summed E-state index contributed by atoms with van der Waals surface area (Å²) in [6.45, 7) is 5.27. The molecule has 5 rings (SSSR count). The van der Waals surface area contributed by atoms with Crippen LogP contribution in [0.2, 0.25) is 0 Å². The number of para-hydroxylation sites is 1. The van der Waals surface area contributed by atoms with Crippen molar-refractivity contribution in [1.82, 2.24) is 14.3 Å². The molecule has 0 saturated heterocycles. The summed E-state index contributed by atoms with van der Waals surface area (Å²) in [7, 11) is 1.85. The first kappa shape index (κ1) is 18.1. The third kappa shape index (κ3) is 2.55. The van der Waals surface area contributed by atoms with Crippen molar-refractivity contribution in [3.63, 3.8) is 0 Å². The highest BCUT2D eigenvalue weighted by atomic mass is 32.1. The van der Waals surface area contributed by atoms with Gasteiger partial charge in [-0.15, -0.1) is 0 Å². The van der Waals surface area contributed by atoms with Gasteiger partial charge in [0.2, 0.25) is 5.72 Å². The molecule has 2 aliphatic rings. The predicted molar refractivity (Wildman–Crippen MR) is 109 cm³/mol. The zero-order valence-corrected chi connectivity index (χ0v) is 17.4. The van der Waals surface area contributed by atoms with Gasteiger partial charge in [0.15, 0.2) is 4.80 Å². The van der Waals surface area contributed by atoms with Gasteiger partial charge in [-0.25, -0.2) is 4.99 Å². The molecule has 29 heavy (non-hydrogen) atoms. The summed E-state index contributed by atoms with van der Waals surface area (Å²) in [5, 5.41) is 4.34. The zero-order valence-electron chi connectivity index (χ0n) is 16.5. The van der Waals surface area contributed by atoms with Gasteiger partial charge in [-0.2, -0.15) is 5.10 Å². The second-order valence-corrected chi connectivity index (χ2v) is 8.76. The van der Waals surface area contributed by atoms with E-state index in [1.54, 1.807) is 9.25 Å². The molecular weight excluding hydrogens is 388 g/mol. The normalized spacial score (nSPS) is 25.0. The molecule has 0 unspecified atom stereocenters. The fraction of sp³-hybridized carbons (Fsp3) is 0.333. The van der Waals surface area contributed by atoms with Crippen LogP contribution in [0.1, 0.15) is 36.7 Å². The summed E-state index contributed by atoms with van der Waals surface area (Å²) in [5.41, 5.74) is 1.39. The molecule has 0 spiro atoms. The first-order valence-corrected chi connectivity index (χ1v) is 10.2. The highest BCUT2D eigenvalue weighted by molar-refractivity contribution is 7.07. The Labute approximate surface area is 170 Å². The molecule has 148 valence electrons.